The highest BCUT2D eigenvalue weighted by Gasteiger charge is 2.13. The summed E-state index contributed by atoms with van der Waals surface area (Å²) in [4.78, 5) is 0. The van der Waals surface area contributed by atoms with Gasteiger partial charge in [-0.2, -0.15) is 0 Å². The zero-order valence-electron chi connectivity index (χ0n) is 11.4. The minimum atomic E-state index is 0. The third-order valence-electron chi connectivity index (χ3n) is 2.93. The molecule has 0 bridgehead atoms. The zero-order valence-corrected chi connectivity index (χ0v) is 14.4. The van der Waals surface area contributed by atoms with E-state index in [4.69, 9.17) is 4.74 Å². The molecule has 0 fully saturated rings. The van der Waals surface area contributed by atoms with E-state index in [2.05, 4.69) is 58.2 Å². The molecule has 0 unspecified atom stereocenters. The smallest absolute Gasteiger partial charge is 0.133 e. The third-order valence-corrected chi connectivity index (χ3v) is 3.82. The molecule has 1 atom stereocenters. The fourth-order valence-corrected chi connectivity index (χ4v) is 2.44. The number of benzene rings is 2. The second-order valence-electron chi connectivity index (χ2n) is 4.34. The summed E-state index contributed by atoms with van der Waals surface area (Å²) in [5.41, 5.74) is 1.22. The monoisotopic (exact) mass is 403 g/mol. The molecule has 2 nitrogen and oxygen atoms in total. The second kappa shape index (κ2) is 9.21. The Morgan fingerprint density at radius 3 is 2.35 bits per heavy atom. The van der Waals surface area contributed by atoms with Crippen LogP contribution in [0.4, 0.5) is 0 Å². The maximum Gasteiger partial charge on any atom is 0.133 e. The quantitative estimate of drug-likeness (QED) is 0.720. The lowest BCUT2D eigenvalue weighted by molar-refractivity contribution is 0.193. The highest BCUT2D eigenvalue weighted by atomic mass is 127. The van der Waals surface area contributed by atoms with E-state index in [9.17, 15) is 0 Å². The second-order valence-corrected chi connectivity index (χ2v) is 5.50. The highest BCUT2D eigenvalue weighted by molar-refractivity contribution is 14.1. The van der Waals surface area contributed by atoms with Crippen LogP contribution in [0.3, 0.4) is 0 Å². The van der Waals surface area contributed by atoms with Crippen molar-refractivity contribution in [3.63, 3.8) is 0 Å². The molecule has 1 N–H and O–H groups in total. The van der Waals surface area contributed by atoms with Gasteiger partial charge >= 0.3 is 0 Å². The van der Waals surface area contributed by atoms with Gasteiger partial charge in [-0.05, 0) is 53.9 Å². The molecule has 4 heteroatoms. The van der Waals surface area contributed by atoms with Crippen LogP contribution >= 0.6 is 35.0 Å². The van der Waals surface area contributed by atoms with E-state index in [1.165, 1.54) is 5.56 Å². The fourth-order valence-electron chi connectivity index (χ4n) is 1.93. The Hall–Kier alpha value is -0.780. The molecule has 108 valence electrons. The molecular weight excluding hydrogens is 385 g/mol. The Labute approximate surface area is 140 Å². The van der Waals surface area contributed by atoms with Gasteiger partial charge < -0.3 is 10.1 Å². The van der Waals surface area contributed by atoms with Crippen LogP contribution in [0.5, 0.6) is 5.75 Å². The predicted molar refractivity (Wildman–Crippen MR) is 94.8 cm³/mol. The third kappa shape index (κ3) is 4.96. The van der Waals surface area contributed by atoms with Gasteiger partial charge in [-0.25, -0.2) is 0 Å². The number of nitrogens with one attached hydrogen (secondary N) is 1. The van der Waals surface area contributed by atoms with E-state index >= 15 is 0 Å². The number of ether oxygens (including phenoxy) is 1. The van der Waals surface area contributed by atoms with Crippen molar-refractivity contribution >= 4 is 35.0 Å². The van der Waals surface area contributed by atoms with Crippen molar-refractivity contribution in [2.24, 2.45) is 0 Å². The minimum absolute atomic E-state index is 0. The average Bonchev–Trinajstić information content (AvgIpc) is 2.46. The molecule has 0 saturated carbocycles. The molecule has 0 aromatic heterocycles. The van der Waals surface area contributed by atoms with Gasteiger partial charge in [-0.3, -0.25) is 0 Å². The van der Waals surface area contributed by atoms with Crippen LogP contribution in [-0.2, 0) is 0 Å². The molecular formula is C16H19ClINO. The van der Waals surface area contributed by atoms with Crippen LogP contribution in [-0.4, -0.2) is 13.6 Å². The first-order valence-electron chi connectivity index (χ1n) is 6.42. The molecule has 2 rings (SSSR count). The normalized spacial score (nSPS) is 11.5. The van der Waals surface area contributed by atoms with E-state index < -0.39 is 0 Å². The summed E-state index contributed by atoms with van der Waals surface area (Å²) < 4.78 is 7.33. The summed E-state index contributed by atoms with van der Waals surface area (Å²) in [6, 6.07) is 18.5. The highest BCUT2D eigenvalue weighted by Crippen LogP contribution is 2.28. The van der Waals surface area contributed by atoms with Crippen molar-refractivity contribution in [1.82, 2.24) is 5.32 Å². The molecule has 0 aliphatic heterocycles. The van der Waals surface area contributed by atoms with Crippen molar-refractivity contribution < 1.29 is 4.74 Å². The summed E-state index contributed by atoms with van der Waals surface area (Å²) in [5, 5.41) is 3.19. The Morgan fingerprint density at radius 1 is 1.05 bits per heavy atom. The van der Waals surface area contributed by atoms with E-state index in [1.54, 1.807) is 0 Å². The molecule has 0 aliphatic rings. The SMILES string of the molecule is CNCC[C@H](Oc1ccccc1I)c1ccccc1.Cl. The van der Waals surface area contributed by atoms with Crippen molar-refractivity contribution in [2.45, 2.75) is 12.5 Å². The van der Waals surface area contributed by atoms with Gasteiger partial charge in [0.15, 0.2) is 0 Å². The van der Waals surface area contributed by atoms with E-state index in [0.717, 1.165) is 22.3 Å². The average molecular weight is 404 g/mol. The Balaban J connectivity index is 0.00000200. The van der Waals surface area contributed by atoms with E-state index in [0.29, 0.717) is 0 Å². The van der Waals surface area contributed by atoms with Gasteiger partial charge in [0.1, 0.15) is 11.9 Å². The number of hydrogen-bond acceptors (Lipinski definition) is 2. The summed E-state index contributed by atoms with van der Waals surface area (Å²) in [6.07, 6.45) is 1.04. The van der Waals surface area contributed by atoms with Crippen LogP contribution in [0, 0.1) is 3.57 Å². The molecule has 0 saturated heterocycles. The zero-order chi connectivity index (χ0) is 13.5. The fraction of sp³-hybridized carbons (Fsp3) is 0.250. The van der Waals surface area contributed by atoms with Crippen molar-refractivity contribution in [3.05, 3.63) is 63.7 Å². The minimum Gasteiger partial charge on any atom is -0.485 e. The summed E-state index contributed by atoms with van der Waals surface area (Å²) >= 11 is 2.31. The van der Waals surface area contributed by atoms with E-state index in [-0.39, 0.29) is 18.5 Å². The van der Waals surface area contributed by atoms with Gasteiger partial charge in [0.05, 0.1) is 3.57 Å². The molecule has 20 heavy (non-hydrogen) atoms. The van der Waals surface area contributed by atoms with Crippen LogP contribution in [0.15, 0.2) is 54.6 Å². The topological polar surface area (TPSA) is 21.3 Å². The Kier molecular flexibility index (Phi) is 7.95. The molecule has 2 aromatic carbocycles. The lowest BCUT2D eigenvalue weighted by Crippen LogP contribution is -2.16. The largest absolute Gasteiger partial charge is 0.485 e. The first-order chi connectivity index (χ1) is 9.31. The maximum atomic E-state index is 6.19. The molecule has 0 aliphatic carbocycles. The number of para-hydroxylation sites is 1. The van der Waals surface area contributed by atoms with Crippen molar-refractivity contribution in [3.8, 4) is 5.75 Å². The Morgan fingerprint density at radius 2 is 1.70 bits per heavy atom. The van der Waals surface area contributed by atoms with Gasteiger partial charge in [-0.15, -0.1) is 12.4 Å². The van der Waals surface area contributed by atoms with Crippen LogP contribution < -0.4 is 10.1 Å². The Bertz CT molecular complexity index is 507. The summed E-state index contributed by atoms with van der Waals surface area (Å²) in [5.74, 6) is 0.952. The van der Waals surface area contributed by atoms with Gasteiger partial charge in [0.25, 0.3) is 0 Å². The summed E-state index contributed by atoms with van der Waals surface area (Å²) in [6.45, 7) is 0.934. The lowest BCUT2D eigenvalue weighted by Gasteiger charge is -2.20. The number of halogens is 2. The summed E-state index contributed by atoms with van der Waals surface area (Å²) in [7, 11) is 1.97. The number of rotatable bonds is 6. The predicted octanol–water partition coefficient (Wildman–Crippen LogP) is 4.44. The van der Waals surface area contributed by atoms with Gasteiger partial charge in [-0.1, -0.05) is 42.5 Å². The molecule has 0 spiro atoms. The van der Waals surface area contributed by atoms with Crippen LogP contribution in [0.2, 0.25) is 0 Å². The molecule has 0 heterocycles. The van der Waals surface area contributed by atoms with Gasteiger partial charge in [0, 0.05) is 6.42 Å². The maximum absolute atomic E-state index is 6.19. The van der Waals surface area contributed by atoms with Crippen molar-refractivity contribution in [1.29, 1.82) is 0 Å². The first kappa shape index (κ1) is 17.3. The molecule has 0 radical (unpaired) electrons. The lowest BCUT2D eigenvalue weighted by atomic mass is 10.1. The molecule has 0 amide bonds. The van der Waals surface area contributed by atoms with E-state index in [1.807, 2.05) is 31.3 Å². The first-order valence-corrected chi connectivity index (χ1v) is 7.50. The molecule has 2 aromatic rings. The standard InChI is InChI=1S/C16H18INO.ClH/c1-18-12-11-15(13-7-3-2-4-8-13)19-16-10-6-5-9-14(16)17;/h2-10,15,18H,11-12H2,1H3;1H/t15-;/m0./s1. The van der Waals surface area contributed by atoms with Gasteiger partial charge in [0.2, 0.25) is 0 Å². The van der Waals surface area contributed by atoms with Crippen LogP contribution in [0.25, 0.3) is 0 Å². The number of hydrogen-bond donors (Lipinski definition) is 1. The van der Waals surface area contributed by atoms with Crippen molar-refractivity contribution in [2.75, 3.05) is 13.6 Å². The van der Waals surface area contributed by atoms with Crippen LogP contribution in [0.1, 0.15) is 18.1 Å².